The summed E-state index contributed by atoms with van der Waals surface area (Å²) in [6.07, 6.45) is 10.4. The second kappa shape index (κ2) is 12.6. The Morgan fingerprint density at radius 2 is 1.74 bits per heavy atom. The van der Waals surface area contributed by atoms with Crippen LogP contribution in [0.15, 0.2) is 42.0 Å². The van der Waals surface area contributed by atoms with E-state index in [0.29, 0.717) is 30.1 Å². The van der Waals surface area contributed by atoms with Crippen LogP contribution in [0.1, 0.15) is 116 Å². The van der Waals surface area contributed by atoms with E-state index in [1.807, 2.05) is 6.92 Å². The molecule has 1 aromatic heterocycles. The van der Waals surface area contributed by atoms with Crippen LogP contribution in [0.2, 0.25) is 0 Å². The van der Waals surface area contributed by atoms with Crippen molar-refractivity contribution in [2.24, 2.45) is 5.92 Å². The predicted octanol–water partition coefficient (Wildman–Crippen LogP) is 9.52. The molecule has 3 heterocycles. The number of likely N-dealkylation sites (tertiary alicyclic amines) is 1. The van der Waals surface area contributed by atoms with Crippen molar-refractivity contribution in [2.75, 3.05) is 13.1 Å². The lowest BCUT2D eigenvalue weighted by Crippen LogP contribution is -2.47. The van der Waals surface area contributed by atoms with Gasteiger partial charge in [0.15, 0.2) is 0 Å². The fourth-order valence-electron chi connectivity index (χ4n) is 6.80. The molecule has 1 aromatic carbocycles. The van der Waals surface area contributed by atoms with Gasteiger partial charge in [0.05, 0.1) is 12.2 Å². The molecule has 3 unspecified atom stereocenters. The molecule has 3 nitrogen and oxygen atoms in total. The van der Waals surface area contributed by atoms with E-state index in [1.54, 1.807) is 6.07 Å². The first-order valence-corrected chi connectivity index (χ1v) is 15.3. The van der Waals surface area contributed by atoms with Crippen molar-refractivity contribution in [3.8, 4) is 0 Å². The monoisotopic (exact) mass is 534 g/mol. The topological polar surface area (TPSA) is 28.3 Å². The Labute approximate surface area is 236 Å². The highest BCUT2D eigenvalue weighted by Crippen LogP contribution is 2.40. The third kappa shape index (κ3) is 6.77. The van der Waals surface area contributed by atoms with Crippen molar-refractivity contribution >= 4 is 16.5 Å². The van der Waals surface area contributed by atoms with Crippen molar-refractivity contribution < 1.29 is 9.13 Å². The zero-order valence-electron chi connectivity index (χ0n) is 25.7. The first-order chi connectivity index (χ1) is 18.5. The zero-order chi connectivity index (χ0) is 28.4. The molecule has 4 rings (SSSR count). The van der Waals surface area contributed by atoms with Gasteiger partial charge in [0.1, 0.15) is 5.82 Å². The minimum atomic E-state index is -0.0749. The lowest BCUT2D eigenvalue weighted by atomic mass is 9.85. The fraction of sp³-hybridized carbons (Fsp3) is 0.600. The number of rotatable bonds is 8. The molecule has 39 heavy (non-hydrogen) atoms. The van der Waals surface area contributed by atoms with Crippen LogP contribution < -0.4 is 0 Å². The molecule has 4 heteroatoms. The van der Waals surface area contributed by atoms with E-state index in [2.05, 4.69) is 83.1 Å². The van der Waals surface area contributed by atoms with Gasteiger partial charge in [0, 0.05) is 22.6 Å². The van der Waals surface area contributed by atoms with Gasteiger partial charge in [-0.3, -0.25) is 0 Å². The molecule has 0 spiro atoms. The van der Waals surface area contributed by atoms with Crippen LogP contribution in [0.25, 0.3) is 16.5 Å². The highest BCUT2D eigenvalue weighted by molar-refractivity contribution is 5.92. The number of hydrogen-bond donors (Lipinski definition) is 1. The highest BCUT2D eigenvalue weighted by atomic mass is 19.1. The summed E-state index contributed by atoms with van der Waals surface area (Å²) in [5.74, 6) is 0.996. The first kappa shape index (κ1) is 29.8. The number of nitrogens with one attached hydrogen (secondary N) is 1. The smallest absolute Gasteiger partial charge is 0.128 e. The second-order valence-corrected chi connectivity index (χ2v) is 12.8. The third-order valence-electron chi connectivity index (χ3n) is 9.16. The Hall–Kier alpha value is -2.17. The minimum Gasteiger partial charge on any atom is -0.375 e. The maximum atomic E-state index is 15.7. The Balaban J connectivity index is 1.66. The van der Waals surface area contributed by atoms with Gasteiger partial charge in [0.25, 0.3) is 0 Å². The molecule has 2 saturated heterocycles. The number of hydrogen-bond acceptors (Lipinski definition) is 2. The molecule has 3 atom stereocenters. The molecule has 2 aliphatic heterocycles. The summed E-state index contributed by atoms with van der Waals surface area (Å²) in [6.45, 7) is 23.9. The van der Waals surface area contributed by atoms with Gasteiger partial charge in [-0.05, 0) is 119 Å². The Morgan fingerprint density at radius 3 is 2.31 bits per heavy atom. The molecule has 2 aliphatic rings. The summed E-state index contributed by atoms with van der Waals surface area (Å²) in [6, 6.07) is 4.50. The lowest BCUT2D eigenvalue weighted by molar-refractivity contribution is -0.0683. The van der Waals surface area contributed by atoms with E-state index in [-0.39, 0.29) is 11.7 Å². The maximum absolute atomic E-state index is 15.7. The van der Waals surface area contributed by atoms with E-state index < -0.39 is 0 Å². The van der Waals surface area contributed by atoms with Crippen molar-refractivity contribution in [1.29, 1.82) is 0 Å². The largest absolute Gasteiger partial charge is 0.375 e. The van der Waals surface area contributed by atoms with Crippen molar-refractivity contribution in [1.82, 2.24) is 9.88 Å². The van der Waals surface area contributed by atoms with Crippen LogP contribution in [-0.4, -0.2) is 41.2 Å². The van der Waals surface area contributed by atoms with E-state index in [4.69, 9.17) is 4.74 Å². The third-order valence-corrected chi connectivity index (χ3v) is 9.16. The number of fused-ring (bicyclic) bond motifs is 1. The predicted molar refractivity (Wildman–Crippen MR) is 165 cm³/mol. The normalized spacial score (nSPS) is 25.0. The van der Waals surface area contributed by atoms with Crippen LogP contribution in [-0.2, 0) is 4.74 Å². The van der Waals surface area contributed by atoms with Gasteiger partial charge in [0.2, 0.25) is 0 Å². The van der Waals surface area contributed by atoms with Crippen LogP contribution in [0.5, 0.6) is 0 Å². The first-order valence-electron chi connectivity index (χ1n) is 15.3. The molecule has 0 radical (unpaired) electrons. The SMILES string of the molecule is C=C(C)/C=C(\C=C(\C)C(C)CC)c1[nH]c2cc(F)c(C3CCN(C4CC(C)OC(C)C4)CC3)cc2c1C(C)C. The van der Waals surface area contributed by atoms with Crippen molar-refractivity contribution in [2.45, 2.75) is 118 Å². The van der Waals surface area contributed by atoms with E-state index in [0.717, 1.165) is 78.5 Å². The summed E-state index contributed by atoms with van der Waals surface area (Å²) in [5, 5.41) is 1.16. The van der Waals surface area contributed by atoms with E-state index in [1.165, 1.54) is 11.1 Å². The Kier molecular flexibility index (Phi) is 9.60. The van der Waals surface area contributed by atoms with Crippen LogP contribution in [0, 0.1) is 11.7 Å². The molecular formula is C35H51FN2O. The number of allylic oxidation sites excluding steroid dienone is 5. The van der Waals surface area contributed by atoms with Crippen LogP contribution in [0.4, 0.5) is 4.39 Å². The Bertz CT molecular complexity index is 1220. The number of halogens is 1. The van der Waals surface area contributed by atoms with E-state index >= 15 is 4.39 Å². The number of H-pyrrole nitrogens is 1. The summed E-state index contributed by atoms with van der Waals surface area (Å²) >= 11 is 0. The quantitative estimate of drug-likeness (QED) is 0.342. The maximum Gasteiger partial charge on any atom is 0.128 e. The highest BCUT2D eigenvalue weighted by Gasteiger charge is 2.32. The van der Waals surface area contributed by atoms with Crippen molar-refractivity contribution in [3.63, 3.8) is 0 Å². The number of nitrogens with zero attached hydrogens (tertiary/aromatic N) is 1. The second-order valence-electron chi connectivity index (χ2n) is 12.8. The molecular weight excluding hydrogens is 483 g/mol. The molecule has 2 fully saturated rings. The number of piperidine rings is 1. The molecule has 214 valence electrons. The van der Waals surface area contributed by atoms with E-state index in [9.17, 15) is 0 Å². The summed E-state index contributed by atoms with van der Waals surface area (Å²) in [7, 11) is 0. The lowest BCUT2D eigenvalue weighted by Gasteiger charge is -2.42. The van der Waals surface area contributed by atoms with Crippen LogP contribution in [0.3, 0.4) is 0 Å². The number of aromatic nitrogens is 1. The summed E-state index contributed by atoms with van der Waals surface area (Å²) < 4.78 is 21.7. The van der Waals surface area contributed by atoms with Gasteiger partial charge in [-0.1, -0.05) is 57.6 Å². The van der Waals surface area contributed by atoms with Crippen molar-refractivity contribution in [3.05, 3.63) is 64.6 Å². The molecule has 1 N–H and O–H groups in total. The molecule has 0 amide bonds. The van der Waals surface area contributed by atoms with Gasteiger partial charge in [-0.25, -0.2) is 4.39 Å². The van der Waals surface area contributed by atoms with Gasteiger partial charge in [-0.15, -0.1) is 0 Å². The van der Waals surface area contributed by atoms with Gasteiger partial charge < -0.3 is 14.6 Å². The Morgan fingerprint density at radius 1 is 1.10 bits per heavy atom. The zero-order valence-corrected chi connectivity index (χ0v) is 25.7. The standard InChI is InChI=1S/C35H51FN2O/c1-10-23(6)24(7)16-28(15-21(2)3)35-34(22(4)5)31-19-30(32(36)20-33(31)37-35)27-11-13-38(14-12-27)29-17-25(8)39-26(9)18-29/h15-16,19-20,22-23,25-27,29,37H,2,10-14,17-18H2,1,3-9H3/b24-16-,28-15+. The average molecular weight is 535 g/mol. The number of benzene rings is 1. The summed E-state index contributed by atoms with van der Waals surface area (Å²) in [5.41, 5.74) is 7.65. The van der Waals surface area contributed by atoms with Gasteiger partial charge >= 0.3 is 0 Å². The molecule has 0 aliphatic carbocycles. The molecule has 0 saturated carbocycles. The number of ether oxygens (including phenoxy) is 1. The average Bonchev–Trinajstić information content (AvgIpc) is 3.25. The van der Waals surface area contributed by atoms with Crippen LogP contribution >= 0.6 is 0 Å². The molecule has 0 bridgehead atoms. The molecule has 2 aromatic rings. The fourth-order valence-corrected chi connectivity index (χ4v) is 6.80. The number of aromatic amines is 1. The van der Waals surface area contributed by atoms with Gasteiger partial charge in [-0.2, -0.15) is 0 Å². The minimum absolute atomic E-state index is 0.0749. The summed E-state index contributed by atoms with van der Waals surface area (Å²) in [4.78, 5) is 6.26.